The highest BCUT2D eigenvalue weighted by atomic mass is 32.2. The van der Waals surface area contributed by atoms with E-state index in [2.05, 4.69) is 14.9 Å². The monoisotopic (exact) mass is 419 g/mol. The van der Waals surface area contributed by atoms with Gasteiger partial charge in [0.25, 0.3) is 10.0 Å². The van der Waals surface area contributed by atoms with Gasteiger partial charge in [-0.05, 0) is 42.0 Å². The van der Waals surface area contributed by atoms with Gasteiger partial charge in [-0.1, -0.05) is 0 Å². The molecular weight excluding hydrogens is 398 g/mol. The van der Waals surface area contributed by atoms with Crippen LogP contribution in [0.2, 0.25) is 0 Å². The molecule has 0 aromatic heterocycles. The Morgan fingerprint density at radius 1 is 1.17 bits per heavy atom. The molecule has 3 rings (SSSR count). The molecule has 1 aliphatic heterocycles. The summed E-state index contributed by atoms with van der Waals surface area (Å²) in [6.45, 7) is 0.140. The Kier molecular flexibility index (Phi) is 6.04. The zero-order valence-corrected chi connectivity index (χ0v) is 16.9. The van der Waals surface area contributed by atoms with Crippen molar-refractivity contribution in [2.45, 2.75) is 10.9 Å². The number of hydrogen-bond acceptors (Lipinski definition) is 8. The van der Waals surface area contributed by atoms with Gasteiger partial charge in [0, 0.05) is 12.7 Å². The molecule has 0 aliphatic carbocycles. The van der Waals surface area contributed by atoms with Crippen molar-refractivity contribution in [1.82, 2.24) is 5.43 Å². The first-order valence-electron chi connectivity index (χ1n) is 8.57. The van der Waals surface area contributed by atoms with Crippen LogP contribution >= 0.6 is 0 Å². The number of rotatable bonds is 8. The molecule has 0 saturated heterocycles. The average Bonchev–Trinajstić information content (AvgIpc) is 2.98. The maximum absolute atomic E-state index is 12.4. The molecule has 0 radical (unpaired) electrons. The van der Waals surface area contributed by atoms with Crippen LogP contribution in [0.5, 0.6) is 17.2 Å². The second kappa shape index (κ2) is 8.50. The highest BCUT2D eigenvalue weighted by Gasteiger charge is 2.33. The number of sulfonamides is 1. The lowest BCUT2D eigenvalue weighted by atomic mass is 10.0. The third kappa shape index (κ3) is 4.33. The van der Waals surface area contributed by atoms with E-state index in [1.807, 2.05) is 0 Å². The molecule has 2 N–H and O–H groups in total. The van der Waals surface area contributed by atoms with E-state index in [9.17, 15) is 13.5 Å². The number of fused-ring (bicyclic) bond motifs is 1. The fourth-order valence-corrected chi connectivity index (χ4v) is 4.12. The molecule has 10 heteroatoms. The number of benzene rings is 2. The normalized spacial score (nSPS) is 15.6. The summed E-state index contributed by atoms with van der Waals surface area (Å²) >= 11 is 0. The van der Waals surface area contributed by atoms with E-state index >= 15 is 0 Å². The Bertz CT molecular complexity index is 1070. The second-order valence-corrected chi connectivity index (χ2v) is 7.71. The highest BCUT2D eigenvalue weighted by molar-refractivity contribution is 7.90. The molecule has 1 heterocycles. The number of methoxy groups -OCH3 is 3. The number of phenolic OH excluding ortho intramolecular Hbond substituents is 1. The van der Waals surface area contributed by atoms with Crippen molar-refractivity contribution < 1.29 is 27.7 Å². The number of ether oxygens (including phenoxy) is 3. The summed E-state index contributed by atoms with van der Waals surface area (Å²) in [6, 6.07) is 8.81. The highest BCUT2D eigenvalue weighted by Crippen LogP contribution is 2.31. The summed E-state index contributed by atoms with van der Waals surface area (Å²) in [7, 11) is 0.661. The number of nitrogens with zero attached hydrogens (tertiary/aromatic N) is 2. The van der Waals surface area contributed by atoms with Gasteiger partial charge in [0.2, 0.25) is 0 Å². The lowest BCUT2D eigenvalue weighted by Gasteiger charge is -2.16. The zero-order valence-electron chi connectivity index (χ0n) is 16.1. The molecule has 0 saturated carbocycles. The Hall–Kier alpha value is -3.11. The molecule has 0 spiro atoms. The molecule has 0 fully saturated rings. The third-order valence-corrected chi connectivity index (χ3v) is 5.62. The second-order valence-electron chi connectivity index (χ2n) is 6.14. The summed E-state index contributed by atoms with van der Waals surface area (Å²) < 4.78 is 44.2. The summed E-state index contributed by atoms with van der Waals surface area (Å²) in [4.78, 5) is 0.114. The van der Waals surface area contributed by atoms with Crippen LogP contribution in [0.3, 0.4) is 0 Å². The van der Waals surface area contributed by atoms with Crippen molar-refractivity contribution in [3.8, 4) is 17.2 Å². The number of aromatic hydroxyl groups is 1. The maximum Gasteiger partial charge on any atom is 0.283 e. The number of phenols is 1. The lowest BCUT2D eigenvalue weighted by Crippen LogP contribution is -2.37. The van der Waals surface area contributed by atoms with E-state index in [1.54, 1.807) is 24.3 Å². The number of hydrogen-bond donors (Lipinski definition) is 2. The van der Waals surface area contributed by atoms with Crippen molar-refractivity contribution in [3.05, 3.63) is 47.5 Å². The van der Waals surface area contributed by atoms with Crippen LogP contribution in [0.25, 0.3) is 0 Å². The van der Waals surface area contributed by atoms with Gasteiger partial charge < -0.3 is 19.3 Å². The first kappa shape index (κ1) is 20.6. The molecular formula is C19H21N3O6S. The fraction of sp³-hybridized carbons (Fsp3) is 0.263. The van der Waals surface area contributed by atoms with Gasteiger partial charge in [-0.2, -0.15) is 17.9 Å². The van der Waals surface area contributed by atoms with Gasteiger partial charge in [0.15, 0.2) is 11.5 Å². The van der Waals surface area contributed by atoms with Crippen LogP contribution < -0.4 is 14.9 Å². The third-order valence-electron chi connectivity index (χ3n) is 4.27. The minimum atomic E-state index is -3.79. The summed E-state index contributed by atoms with van der Waals surface area (Å²) in [5.74, 6) is 0.852. The first-order chi connectivity index (χ1) is 13.9. The van der Waals surface area contributed by atoms with Gasteiger partial charge >= 0.3 is 0 Å². The molecule has 29 heavy (non-hydrogen) atoms. The maximum atomic E-state index is 12.4. The summed E-state index contributed by atoms with van der Waals surface area (Å²) in [5.41, 5.74) is 4.29. The summed E-state index contributed by atoms with van der Waals surface area (Å²) in [5, 5.41) is 13.8. The van der Waals surface area contributed by atoms with E-state index in [0.29, 0.717) is 28.3 Å². The molecule has 2 aromatic carbocycles. The fourth-order valence-electron chi connectivity index (χ4n) is 2.86. The van der Waals surface area contributed by atoms with E-state index in [1.165, 1.54) is 39.7 Å². The predicted octanol–water partition coefficient (Wildman–Crippen LogP) is 1.54. The number of hydrazone groups is 1. The van der Waals surface area contributed by atoms with Crippen molar-refractivity contribution in [3.63, 3.8) is 0 Å². The van der Waals surface area contributed by atoms with Gasteiger partial charge in [-0.3, -0.25) is 5.43 Å². The Morgan fingerprint density at radius 3 is 2.66 bits per heavy atom. The van der Waals surface area contributed by atoms with Crippen molar-refractivity contribution in [2.24, 2.45) is 9.50 Å². The van der Waals surface area contributed by atoms with E-state index in [0.717, 1.165) is 0 Å². The molecule has 0 bridgehead atoms. The topological polar surface area (TPSA) is 119 Å². The largest absolute Gasteiger partial charge is 0.504 e. The van der Waals surface area contributed by atoms with Crippen LogP contribution in [0.1, 0.15) is 11.1 Å². The SMILES string of the molecule is COCC(N/N=C/c1ccc(O)c(OC)c1)C1=NS(=O)(=O)c2ccc(OC)cc21. The van der Waals surface area contributed by atoms with Crippen LogP contribution in [-0.4, -0.2) is 59.4 Å². The van der Waals surface area contributed by atoms with Crippen molar-refractivity contribution >= 4 is 21.9 Å². The molecule has 9 nitrogen and oxygen atoms in total. The Labute approximate surface area is 168 Å². The van der Waals surface area contributed by atoms with E-state index in [-0.39, 0.29) is 17.3 Å². The van der Waals surface area contributed by atoms with E-state index in [4.69, 9.17) is 14.2 Å². The van der Waals surface area contributed by atoms with Crippen LogP contribution in [0, 0.1) is 0 Å². The van der Waals surface area contributed by atoms with Crippen molar-refractivity contribution in [2.75, 3.05) is 27.9 Å². The zero-order chi connectivity index (χ0) is 21.0. The van der Waals surface area contributed by atoms with Crippen LogP contribution in [0.4, 0.5) is 0 Å². The smallest absolute Gasteiger partial charge is 0.283 e. The first-order valence-corrected chi connectivity index (χ1v) is 10.0. The standard InChI is InChI=1S/C19H21N3O6S/c1-26-11-15(21-20-10-12-4-6-16(23)17(8-12)28-3)19-14-9-13(27-2)5-7-18(14)29(24,25)22-19/h4-10,15,21,23H,11H2,1-3H3/b20-10+. The molecule has 1 atom stereocenters. The average molecular weight is 419 g/mol. The Balaban J connectivity index is 1.88. The van der Waals surface area contributed by atoms with Gasteiger partial charge in [0.05, 0.1) is 37.6 Å². The molecule has 0 amide bonds. The van der Waals surface area contributed by atoms with Gasteiger partial charge in [-0.25, -0.2) is 0 Å². The van der Waals surface area contributed by atoms with Crippen LogP contribution in [0.15, 0.2) is 50.8 Å². The molecule has 154 valence electrons. The lowest BCUT2D eigenvalue weighted by molar-refractivity contribution is 0.186. The van der Waals surface area contributed by atoms with Gasteiger partial charge in [0.1, 0.15) is 11.8 Å². The molecule has 1 unspecified atom stereocenters. The minimum Gasteiger partial charge on any atom is -0.504 e. The minimum absolute atomic E-state index is 0.0194. The van der Waals surface area contributed by atoms with Crippen LogP contribution in [-0.2, 0) is 14.8 Å². The summed E-state index contributed by atoms with van der Waals surface area (Å²) in [6.07, 6.45) is 1.51. The van der Waals surface area contributed by atoms with Crippen molar-refractivity contribution in [1.29, 1.82) is 0 Å². The van der Waals surface area contributed by atoms with Gasteiger partial charge in [-0.15, -0.1) is 0 Å². The molecule has 2 aromatic rings. The number of nitrogens with one attached hydrogen (secondary N) is 1. The quantitative estimate of drug-likeness (QED) is 0.492. The Morgan fingerprint density at radius 2 is 1.97 bits per heavy atom. The molecule has 1 aliphatic rings. The van der Waals surface area contributed by atoms with E-state index < -0.39 is 16.1 Å². The predicted molar refractivity (Wildman–Crippen MR) is 108 cm³/mol.